The Morgan fingerprint density at radius 2 is 1.81 bits per heavy atom. The normalized spacial score (nSPS) is 10.0. The van der Waals surface area contributed by atoms with Gasteiger partial charge < -0.3 is 15.5 Å². The molecule has 0 bridgehead atoms. The second-order valence-electron chi connectivity index (χ2n) is 4.89. The Morgan fingerprint density at radius 3 is 2.33 bits per heavy atom. The van der Waals surface area contributed by atoms with Crippen LogP contribution in [0.25, 0.3) is 0 Å². The van der Waals surface area contributed by atoms with Gasteiger partial charge >= 0.3 is 0 Å². The Balaban J connectivity index is 0.00000400. The Bertz CT molecular complexity index is 441. The number of benzene rings is 1. The molecule has 0 saturated carbocycles. The average molecular weight is 408 g/mol. The third-order valence-electron chi connectivity index (χ3n) is 2.70. The van der Waals surface area contributed by atoms with Gasteiger partial charge in [-0.1, -0.05) is 6.07 Å². The van der Waals surface area contributed by atoms with Crippen molar-refractivity contribution in [2.24, 2.45) is 4.99 Å². The summed E-state index contributed by atoms with van der Waals surface area (Å²) in [6.07, 6.45) is 0. The van der Waals surface area contributed by atoms with E-state index in [2.05, 4.69) is 15.6 Å². The van der Waals surface area contributed by atoms with Gasteiger partial charge in [0.1, 0.15) is 5.82 Å². The van der Waals surface area contributed by atoms with Crippen molar-refractivity contribution in [1.29, 1.82) is 0 Å². The van der Waals surface area contributed by atoms with Crippen molar-refractivity contribution in [2.45, 2.75) is 26.9 Å². The average Bonchev–Trinajstić information content (AvgIpc) is 2.39. The molecule has 0 radical (unpaired) electrons. The first-order valence-corrected chi connectivity index (χ1v) is 7.01. The van der Waals surface area contributed by atoms with E-state index in [1.165, 1.54) is 6.07 Å². The molecule has 0 unspecified atom stereocenters. The second-order valence-corrected chi connectivity index (χ2v) is 4.89. The number of guanidine groups is 1. The van der Waals surface area contributed by atoms with Crippen LogP contribution < -0.4 is 10.6 Å². The number of rotatable bonds is 6. The van der Waals surface area contributed by atoms with Gasteiger partial charge in [0.05, 0.1) is 6.54 Å². The van der Waals surface area contributed by atoms with Gasteiger partial charge in [0.25, 0.3) is 0 Å². The molecule has 0 heterocycles. The van der Waals surface area contributed by atoms with Crippen LogP contribution in [0, 0.1) is 5.82 Å². The summed E-state index contributed by atoms with van der Waals surface area (Å²) in [6, 6.07) is 5.19. The monoisotopic (exact) mass is 408 g/mol. The van der Waals surface area contributed by atoms with E-state index in [0.29, 0.717) is 18.7 Å². The molecule has 0 saturated heterocycles. The van der Waals surface area contributed by atoms with Crippen LogP contribution in [-0.2, 0) is 13.1 Å². The first kappa shape index (κ1) is 20.1. The lowest BCUT2D eigenvalue weighted by atomic mass is 10.1. The Morgan fingerprint density at radius 1 is 1.19 bits per heavy atom. The van der Waals surface area contributed by atoms with Crippen molar-refractivity contribution in [3.63, 3.8) is 0 Å². The van der Waals surface area contributed by atoms with E-state index in [4.69, 9.17) is 0 Å². The molecule has 0 aliphatic heterocycles. The van der Waals surface area contributed by atoms with E-state index in [-0.39, 0.29) is 29.8 Å². The largest absolute Gasteiger partial charge is 0.357 e. The molecule has 21 heavy (non-hydrogen) atoms. The molecule has 6 heteroatoms. The SMILES string of the molecule is CCNC(=NCc1ccc(F)c(CN(C)C)c1)NCC.I. The summed E-state index contributed by atoms with van der Waals surface area (Å²) in [5.74, 6) is 0.624. The van der Waals surface area contributed by atoms with Crippen molar-refractivity contribution in [3.05, 3.63) is 35.1 Å². The predicted octanol–water partition coefficient (Wildman–Crippen LogP) is 2.58. The maximum atomic E-state index is 13.7. The number of hydrogen-bond donors (Lipinski definition) is 2. The standard InChI is InChI=1S/C15H25FN4.HI/c1-5-17-15(18-6-2)19-10-12-7-8-14(16)13(9-12)11-20(3)4;/h7-9H,5-6,10-11H2,1-4H3,(H2,17,18,19);1H. The molecule has 4 nitrogen and oxygen atoms in total. The number of nitrogens with one attached hydrogen (secondary N) is 2. The molecule has 2 N–H and O–H groups in total. The van der Waals surface area contributed by atoms with Crippen LogP contribution in [0.2, 0.25) is 0 Å². The maximum Gasteiger partial charge on any atom is 0.191 e. The molecule has 0 aliphatic carbocycles. The summed E-state index contributed by atoms with van der Waals surface area (Å²) in [5.41, 5.74) is 1.72. The highest BCUT2D eigenvalue weighted by Crippen LogP contribution is 2.13. The van der Waals surface area contributed by atoms with Crippen molar-refractivity contribution < 1.29 is 4.39 Å². The fourth-order valence-electron chi connectivity index (χ4n) is 1.87. The predicted molar refractivity (Wildman–Crippen MR) is 97.7 cm³/mol. The van der Waals surface area contributed by atoms with Crippen molar-refractivity contribution >= 4 is 29.9 Å². The molecule has 1 aromatic rings. The number of hydrogen-bond acceptors (Lipinski definition) is 2. The highest BCUT2D eigenvalue weighted by Gasteiger charge is 2.05. The first-order chi connectivity index (χ1) is 9.56. The van der Waals surface area contributed by atoms with Crippen LogP contribution in [0.3, 0.4) is 0 Å². The summed E-state index contributed by atoms with van der Waals surface area (Å²) in [7, 11) is 3.86. The number of halogens is 2. The van der Waals surface area contributed by atoms with Gasteiger partial charge in [0.15, 0.2) is 5.96 Å². The van der Waals surface area contributed by atoms with Crippen LogP contribution in [0.15, 0.2) is 23.2 Å². The van der Waals surface area contributed by atoms with Crippen LogP contribution in [0.5, 0.6) is 0 Å². The molecule has 0 amide bonds. The Hall–Kier alpha value is -0.890. The van der Waals surface area contributed by atoms with E-state index in [1.807, 2.05) is 38.9 Å². The molecular weight excluding hydrogens is 382 g/mol. The topological polar surface area (TPSA) is 39.7 Å². The minimum absolute atomic E-state index is 0. The van der Waals surface area contributed by atoms with E-state index in [9.17, 15) is 4.39 Å². The van der Waals surface area contributed by atoms with Gasteiger partial charge in [0.2, 0.25) is 0 Å². The molecule has 0 aliphatic rings. The zero-order valence-corrected chi connectivity index (χ0v) is 15.6. The minimum atomic E-state index is -0.162. The summed E-state index contributed by atoms with van der Waals surface area (Å²) in [6.45, 7) is 6.83. The third-order valence-corrected chi connectivity index (χ3v) is 2.70. The third kappa shape index (κ3) is 7.61. The van der Waals surface area contributed by atoms with E-state index >= 15 is 0 Å². The first-order valence-electron chi connectivity index (χ1n) is 7.01. The lowest BCUT2D eigenvalue weighted by Gasteiger charge is -2.12. The lowest BCUT2D eigenvalue weighted by Crippen LogP contribution is -2.36. The van der Waals surface area contributed by atoms with Gasteiger partial charge in [-0.05, 0) is 45.6 Å². The van der Waals surface area contributed by atoms with Crippen molar-refractivity contribution in [1.82, 2.24) is 15.5 Å². The van der Waals surface area contributed by atoms with Crippen LogP contribution in [0.4, 0.5) is 4.39 Å². The summed E-state index contributed by atoms with van der Waals surface area (Å²) >= 11 is 0. The van der Waals surface area contributed by atoms with E-state index in [0.717, 1.165) is 24.6 Å². The summed E-state index contributed by atoms with van der Waals surface area (Å²) < 4.78 is 13.7. The van der Waals surface area contributed by atoms with Crippen LogP contribution in [0.1, 0.15) is 25.0 Å². The number of nitrogens with zero attached hydrogens (tertiary/aromatic N) is 2. The zero-order valence-electron chi connectivity index (χ0n) is 13.2. The second kappa shape index (κ2) is 10.8. The quantitative estimate of drug-likeness (QED) is 0.432. The number of aliphatic imine (C=N–C) groups is 1. The van der Waals surface area contributed by atoms with Crippen molar-refractivity contribution in [3.8, 4) is 0 Å². The van der Waals surface area contributed by atoms with Gasteiger partial charge in [-0.2, -0.15) is 0 Å². The lowest BCUT2D eigenvalue weighted by molar-refractivity contribution is 0.392. The highest BCUT2D eigenvalue weighted by atomic mass is 127. The highest BCUT2D eigenvalue weighted by molar-refractivity contribution is 14.0. The zero-order chi connectivity index (χ0) is 15.0. The molecule has 0 atom stereocenters. The molecule has 120 valence electrons. The fourth-order valence-corrected chi connectivity index (χ4v) is 1.87. The molecule has 0 aromatic heterocycles. The fraction of sp³-hybridized carbons (Fsp3) is 0.533. The van der Waals surface area contributed by atoms with Gasteiger partial charge in [-0.3, -0.25) is 0 Å². The van der Waals surface area contributed by atoms with Crippen LogP contribution in [-0.4, -0.2) is 38.0 Å². The Kier molecular flexibility index (Phi) is 10.3. The van der Waals surface area contributed by atoms with Crippen LogP contribution >= 0.6 is 24.0 Å². The Labute approximate surface area is 144 Å². The molecular formula is C15H26FIN4. The summed E-state index contributed by atoms with van der Waals surface area (Å²) in [4.78, 5) is 6.43. The molecule has 0 fully saturated rings. The maximum absolute atomic E-state index is 13.7. The minimum Gasteiger partial charge on any atom is -0.357 e. The molecule has 0 spiro atoms. The van der Waals surface area contributed by atoms with Gasteiger partial charge in [-0.15, -0.1) is 24.0 Å². The van der Waals surface area contributed by atoms with E-state index < -0.39 is 0 Å². The summed E-state index contributed by atoms with van der Waals surface area (Å²) in [5, 5.41) is 6.34. The van der Waals surface area contributed by atoms with E-state index in [1.54, 1.807) is 6.07 Å². The molecule has 1 rings (SSSR count). The van der Waals surface area contributed by atoms with Crippen molar-refractivity contribution in [2.75, 3.05) is 27.2 Å². The smallest absolute Gasteiger partial charge is 0.191 e. The molecule has 1 aromatic carbocycles. The van der Waals surface area contributed by atoms with Gasteiger partial charge in [-0.25, -0.2) is 9.38 Å². The van der Waals surface area contributed by atoms with Gasteiger partial charge in [0, 0.05) is 25.2 Å².